The molecular weight excluding hydrogens is 422 g/mol. The van der Waals surface area contributed by atoms with Crippen molar-refractivity contribution in [2.45, 2.75) is 11.3 Å². The number of sulfonamides is 1. The van der Waals surface area contributed by atoms with Crippen molar-refractivity contribution in [3.8, 4) is 0 Å². The first kappa shape index (κ1) is 17.2. The van der Waals surface area contributed by atoms with Crippen molar-refractivity contribution >= 4 is 47.6 Å². The number of likely N-dealkylation sites (tertiary alicyclic amines) is 1. The van der Waals surface area contributed by atoms with E-state index in [1.807, 2.05) is 0 Å². The van der Waals surface area contributed by atoms with Gasteiger partial charge in [0.15, 0.2) is 0 Å². The second-order valence-electron chi connectivity index (χ2n) is 5.51. The monoisotopic (exact) mass is 439 g/mol. The average Bonchev–Trinajstić information content (AvgIpc) is 2.72. The molecule has 1 heterocycles. The molecular formula is C13H19Br2N3O2S. The molecule has 0 amide bonds. The summed E-state index contributed by atoms with van der Waals surface area (Å²) in [6.45, 7) is 2.45. The van der Waals surface area contributed by atoms with Crippen LogP contribution in [0.25, 0.3) is 0 Å². The van der Waals surface area contributed by atoms with Crippen LogP contribution in [0.5, 0.6) is 0 Å². The highest BCUT2D eigenvalue weighted by molar-refractivity contribution is 9.11. The molecule has 1 fully saturated rings. The van der Waals surface area contributed by atoms with Crippen LogP contribution in [0.2, 0.25) is 0 Å². The van der Waals surface area contributed by atoms with Crippen LogP contribution in [0.15, 0.2) is 26.0 Å². The molecule has 0 aliphatic carbocycles. The molecule has 1 aliphatic rings. The summed E-state index contributed by atoms with van der Waals surface area (Å²) in [5, 5.41) is 0. The van der Waals surface area contributed by atoms with E-state index in [4.69, 9.17) is 5.73 Å². The number of benzene rings is 1. The maximum Gasteiger partial charge on any atom is 0.246 e. The second kappa shape index (κ2) is 6.54. The van der Waals surface area contributed by atoms with Crippen LogP contribution in [0.3, 0.4) is 0 Å². The number of hydrogen-bond donors (Lipinski definition) is 1. The molecule has 118 valence electrons. The van der Waals surface area contributed by atoms with Crippen LogP contribution in [0.4, 0.5) is 5.69 Å². The van der Waals surface area contributed by atoms with Gasteiger partial charge in [-0.25, -0.2) is 12.7 Å². The highest BCUT2D eigenvalue weighted by atomic mass is 79.9. The third-order valence-electron chi connectivity index (χ3n) is 3.71. The summed E-state index contributed by atoms with van der Waals surface area (Å²) in [5.41, 5.74) is 6.14. The first-order valence-electron chi connectivity index (χ1n) is 6.61. The Labute approximate surface area is 142 Å². The highest BCUT2D eigenvalue weighted by Crippen LogP contribution is 2.33. The van der Waals surface area contributed by atoms with Crippen LogP contribution in [0, 0.1) is 5.92 Å². The van der Waals surface area contributed by atoms with Gasteiger partial charge < -0.3 is 10.6 Å². The molecule has 0 aromatic heterocycles. The van der Waals surface area contributed by atoms with E-state index in [0.29, 0.717) is 16.9 Å². The molecule has 5 nitrogen and oxygen atoms in total. The van der Waals surface area contributed by atoms with Gasteiger partial charge in [-0.05, 0) is 54.0 Å². The van der Waals surface area contributed by atoms with Gasteiger partial charge in [-0.3, -0.25) is 0 Å². The number of nitrogens with zero attached hydrogens (tertiary/aromatic N) is 2. The van der Waals surface area contributed by atoms with Crippen molar-refractivity contribution in [1.82, 2.24) is 9.21 Å². The fraction of sp³-hybridized carbons (Fsp3) is 0.538. The zero-order valence-corrected chi connectivity index (χ0v) is 16.0. The average molecular weight is 441 g/mol. The molecule has 1 atom stereocenters. The van der Waals surface area contributed by atoms with Gasteiger partial charge in [0, 0.05) is 29.1 Å². The number of rotatable bonds is 4. The number of nitrogen functional groups attached to an aromatic ring is 1. The van der Waals surface area contributed by atoms with Crippen molar-refractivity contribution in [2.24, 2.45) is 5.92 Å². The van der Waals surface area contributed by atoms with Crippen LogP contribution < -0.4 is 5.73 Å². The lowest BCUT2D eigenvalue weighted by Crippen LogP contribution is -2.33. The number of hydrogen-bond acceptors (Lipinski definition) is 4. The Morgan fingerprint density at radius 3 is 2.62 bits per heavy atom. The van der Waals surface area contributed by atoms with E-state index in [0.717, 1.165) is 24.0 Å². The zero-order chi connectivity index (χ0) is 15.8. The molecule has 8 heteroatoms. The summed E-state index contributed by atoms with van der Waals surface area (Å²) in [5.74, 6) is 0.366. The molecule has 0 bridgehead atoms. The minimum atomic E-state index is -3.60. The Kier molecular flexibility index (Phi) is 5.36. The van der Waals surface area contributed by atoms with Gasteiger partial charge >= 0.3 is 0 Å². The predicted octanol–water partition coefficient (Wildman–Crippen LogP) is 2.37. The van der Waals surface area contributed by atoms with Gasteiger partial charge in [-0.1, -0.05) is 15.9 Å². The molecule has 0 saturated carbocycles. The molecule has 1 saturated heterocycles. The lowest BCUT2D eigenvalue weighted by Gasteiger charge is -2.22. The zero-order valence-electron chi connectivity index (χ0n) is 12.0. The quantitative estimate of drug-likeness (QED) is 0.729. The summed E-state index contributed by atoms with van der Waals surface area (Å²) in [6.07, 6.45) is 1.02. The second-order valence-corrected chi connectivity index (χ2v) is 9.26. The lowest BCUT2D eigenvalue weighted by molar-refractivity contribution is 0.357. The summed E-state index contributed by atoms with van der Waals surface area (Å²) in [7, 11) is 0.0661. The molecule has 1 aromatic rings. The van der Waals surface area contributed by atoms with Crippen molar-refractivity contribution in [1.29, 1.82) is 0 Å². The van der Waals surface area contributed by atoms with Crippen molar-refractivity contribution in [3.63, 3.8) is 0 Å². The third kappa shape index (κ3) is 3.79. The predicted molar refractivity (Wildman–Crippen MR) is 91.7 cm³/mol. The normalized spacial score (nSPS) is 20.3. The molecule has 1 aromatic carbocycles. The molecule has 0 radical (unpaired) electrons. The van der Waals surface area contributed by atoms with Gasteiger partial charge in [0.25, 0.3) is 0 Å². The van der Waals surface area contributed by atoms with Crippen LogP contribution >= 0.6 is 31.9 Å². The van der Waals surface area contributed by atoms with Gasteiger partial charge in [-0.2, -0.15) is 0 Å². The van der Waals surface area contributed by atoms with Crippen molar-refractivity contribution in [3.05, 3.63) is 21.1 Å². The number of nitrogens with two attached hydrogens (primary N) is 1. The first-order chi connectivity index (χ1) is 9.71. The summed E-state index contributed by atoms with van der Waals surface area (Å²) < 4.78 is 28.1. The molecule has 0 spiro atoms. The van der Waals surface area contributed by atoms with E-state index in [1.54, 1.807) is 19.2 Å². The maximum absolute atomic E-state index is 12.7. The van der Waals surface area contributed by atoms with E-state index in [2.05, 4.69) is 43.8 Å². The van der Waals surface area contributed by atoms with Crippen molar-refractivity contribution < 1.29 is 8.42 Å². The molecule has 1 aliphatic heterocycles. The van der Waals surface area contributed by atoms with Gasteiger partial charge in [0.05, 0.1) is 5.69 Å². The highest BCUT2D eigenvalue weighted by Gasteiger charge is 2.30. The van der Waals surface area contributed by atoms with E-state index >= 15 is 0 Å². The lowest BCUT2D eigenvalue weighted by atomic mass is 10.1. The first-order valence-corrected chi connectivity index (χ1v) is 9.64. The maximum atomic E-state index is 12.7. The third-order valence-corrected chi connectivity index (χ3v) is 7.00. The van der Waals surface area contributed by atoms with Crippen molar-refractivity contribution in [2.75, 3.05) is 39.5 Å². The molecule has 21 heavy (non-hydrogen) atoms. The van der Waals surface area contributed by atoms with Crippen LogP contribution in [0.1, 0.15) is 6.42 Å². The van der Waals surface area contributed by atoms with E-state index in [9.17, 15) is 8.42 Å². The topological polar surface area (TPSA) is 66.6 Å². The van der Waals surface area contributed by atoms with Gasteiger partial charge in [0.2, 0.25) is 10.0 Å². The minimum absolute atomic E-state index is 0.138. The Bertz CT molecular complexity index is 613. The van der Waals surface area contributed by atoms with E-state index < -0.39 is 10.0 Å². The summed E-state index contributed by atoms with van der Waals surface area (Å²) >= 11 is 6.60. The van der Waals surface area contributed by atoms with E-state index in [1.165, 1.54) is 4.31 Å². The Hall–Kier alpha value is -0.150. The largest absolute Gasteiger partial charge is 0.398 e. The number of anilines is 1. The smallest absolute Gasteiger partial charge is 0.246 e. The minimum Gasteiger partial charge on any atom is -0.398 e. The molecule has 2 rings (SSSR count). The fourth-order valence-electron chi connectivity index (χ4n) is 2.65. The standard InChI is InChI=1S/C13H19Br2N3O2S/c1-17-4-3-9(7-17)8-18(2)21(19,20)13-11(15)5-10(14)6-12(13)16/h5-6,9H,3-4,7-8,16H2,1-2H3. The van der Waals surface area contributed by atoms with Gasteiger partial charge in [0.1, 0.15) is 4.90 Å². The number of halogens is 2. The SMILES string of the molecule is CN1CCC(CN(C)S(=O)(=O)c2c(N)cc(Br)cc2Br)C1. The van der Waals surface area contributed by atoms with E-state index in [-0.39, 0.29) is 10.6 Å². The van der Waals surface area contributed by atoms with Gasteiger partial charge in [-0.15, -0.1) is 0 Å². The Morgan fingerprint density at radius 1 is 1.43 bits per heavy atom. The summed E-state index contributed by atoms with van der Waals surface area (Å²) in [4.78, 5) is 2.36. The summed E-state index contributed by atoms with van der Waals surface area (Å²) in [6, 6.07) is 3.30. The Balaban J connectivity index is 2.25. The molecule has 2 N–H and O–H groups in total. The van der Waals surface area contributed by atoms with Crippen LogP contribution in [-0.4, -0.2) is 51.4 Å². The van der Waals surface area contributed by atoms with Crippen LogP contribution in [-0.2, 0) is 10.0 Å². The molecule has 1 unspecified atom stereocenters. The Morgan fingerprint density at radius 2 is 2.10 bits per heavy atom. The fourth-order valence-corrected chi connectivity index (χ4v) is 5.90.